The van der Waals surface area contributed by atoms with Crippen molar-refractivity contribution < 1.29 is 8.42 Å². The van der Waals surface area contributed by atoms with Crippen molar-refractivity contribution in [2.24, 2.45) is 5.73 Å². The minimum Gasteiger partial charge on any atom is -0.329 e. The molecule has 0 radical (unpaired) electrons. The molecular weight excluding hydrogens is 290 g/mol. The molecule has 1 atom stereocenters. The first-order valence-electron chi connectivity index (χ1n) is 6.54. The third kappa shape index (κ3) is 2.95. The third-order valence-electron chi connectivity index (χ3n) is 3.34. The van der Waals surface area contributed by atoms with Gasteiger partial charge in [0.15, 0.2) is 9.84 Å². The van der Waals surface area contributed by atoms with Crippen molar-refractivity contribution in [3.8, 4) is 0 Å². The summed E-state index contributed by atoms with van der Waals surface area (Å²) >= 11 is 1.23. The first-order valence-corrected chi connectivity index (χ1v) is 8.96. The predicted molar refractivity (Wildman–Crippen MR) is 83.8 cm³/mol. The fourth-order valence-electron chi connectivity index (χ4n) is 2.10. The first-order chi connectivity index (χ1) is 9.46. The Balaban J connectivity index is 2.38. The Hall–Kier alpha value is -1.17. The maximum Gasteiger partial charge on any atom is 0.195 e. The van der Waals surface area contributed by atoms with E-state index < -0.39 is 15.1 Å². The Kier molecular flexibility index (Phi) is 4.62. The molecule has 1 aromatic carbocycles. The molecule has 1 heterocycles. The molecule has 0 amide bonds. The topological polar surface area (TPSA) is 60.2 Å². The van der Waals surface area contributed by atoms with Gasteiger partial charge in [-0.2, -0.15) is 0 Å². The fraction of sp³-hybridized carbons (Fsp3) is 0.333. The summed E-state index contributed by atoms with van der Waals surface area (Å²) in [6.45, 7) is 4.30. The maximum atomic E-state index is 12.6. The van der Waals surface area contributed by atoms with Gasteiger partial charge < -0.3 is 5.73 Å². The number of thiophene rings is 1. The van der Waals surface area contributed by atoms with E-state index in [0.717, 1.165) is 5.56 Å². The third-order valence-corrected chi connectivity index (χ3v) is 6.90. The SMILES string of the molecule is CC(C)c1ccc([C@H](CN)S(=O)(=O)c2cccs2)cc1. The second-order valence-electron chi connectivity index (χ2n) is 5.02. The number of hydrogen-bond acceptors (Lipinski definition) is 4. The molecule has 2 rings (SSSR count). The van der Waals surface area contributed by atoms with Crippen LogP contribution in [-0.4, -0.2) is 15.0 Å². The highest BCUT2D eigenvalue weighted by molar-refractivity contribution is 7.93. The first kappa shape index (κ1) is 15.2. The van der Waals surface area contributed by atoms with Gasteiger partial charge in [-0.05, 0) is 28.5 Å². The molecule has 20 heavy (non-hydrogen) atoms. The van der Waals surface area contributed by atoms with Gasteiger partial charge in [0.1, 0.15) is 9.46 Å². The molecule has 0 aliphatic carbocycles. The highest BCUT2D eigenvalue weighted by Gasteiger charge is 2.28. The number of hydrogen-bond donors (Lipinski definition) is 1. The maximum absolute atomic E-state index is 12.6. The Morgan fingerprint density at radius 3 is 2.15 bits per heavy atom. The number of nitrogens with two attached hydrogens (primary N) is 1. The van der Waals surface area contributed by atoms with Crippen molar-refractivity contribution in [3.63, 3.8) is 0 Å². The van der Waals surface area contributed by atoms with Crippen molar-refractivity contribution in [2.45, 2.75) is 29.2 Å². The van der Waals surface area contributed by atoms with E-state index in [0.29, 0.717) is 10.1 Å². The highest BCUT2D eigenvalue weighted by atomic mass is 32.2. The quantitative estimate of drug-likeness (QED) is 0.921. The van der Waals surface area contributed by atoms with Gasteiger partial charge in [-0.25, -0.2) is 8.42 Å². The van der Waals surface area contributed by atoms with E-state index in [1.165, 1.54) is 16.9 Å². The molecule has 0 saturated heterocycles. The average molecular weight is 309 g/mol. The Bertz CT molecular complexity index is 644. The van der Waals surface area contributed by atoms with Crippen LogP contribution in [-0.2, 0) is 9.84 Å². The van der Waals surface area contributed by atoms with Gasteiger partial charge in [-0.3, -0.25) is 0 Å². The summed E-state index contributed by atoms with van der Waals surface area (Å²) in [5.41, 5.74) is 7.67. The highest BCUT2D eigenvalue weighted by Crippen LogP contribution is 2.31. The number of rotatable bonds is 5. The van der Waals surface area contributed by atoms with Crippen molar-refractivity contribution in [2.75, 3.05) is 6.54 Å². The summed E-state index contributed by atoms with van der Waals surface area (Å²) in [7, 11) is -3.40. The number of benzene rings is 1. The molecule has 1 aromatic heterocycles. The molecule has 2 N–H and O–H groups in total. The minimum absolute atomic E-state index is 0.0846. The van der Waals surface area contributed by atoms with Crippen molar-refractivity contribution in [3.05, 3.63) is 52.9 Å². The monoisotopic (exact) mass is 309 g/mol. The van der Waals surface area contributed by atoms with Crippen LogP contribution in [0.1, 0.15) is 36.1 Å². The van der Waals surface area contributed by atoms with Crippen LogP contribution in [0.5, 0.6) is 0 Å². The summed E-state index contributed by atoms with van der Waals surface area (Å²) in [4.78, 5) is 0. The molecule has 0 spiro atoms. The largest absolute Gasteiger partial charge is 0.329 e. The Morgan fingerprint density at radius 2 is 1.70 bits per heavy atom. The smallest absolute Gasteiger partial charge is 0.195 e. The van der Waals surface area contributed by atoms with Crippen LogP contribution in [0.2, 0.25) is 0 Å². The van der Waals surface area contributed by atoms with Crippen LogP contribution in [0.15, 0.2) is 46.0 Å². The molecule has 0 saturated carbocycles. The molecule has 0 unspecified atom stereocenters. The second-order valence-corrected chi connectivity index (χ2v) is 8.33. The van der Waals surface area contributed by atoms with Crippen LogP contribution in [0, 0.1) is 0 Å². The summed E-state index contributed by atoms with van der Waals surface area (Å²) < 4.78 is 25.5. The van der Waals surface area contributed by atoms with E-state index in [-0.39, 0.29) is 6.54 Å². The molecule has 3 nitrogen and oxygen atoms in total. The van der Waals surface area contributed by atoms with Gasteiger partial charge in [-0.15, -0.1) is 11.3 Å². The number of sulfone groups is 1. The lowest BCUT2D eigenvalue weighted by Crippen LogP contribution is -2.21. The zero-order valence-corrected chi connectivity index (χ0v) is 13.2. The normalized spacial score (nSPS) is 13.6. The van der Waals surface area contributed by atoms with Gasteiger partial charge in [-0.1, -0.05) is 44.2 Å². The fourth-order valence-corrected chi connectivity index (χ4v) is 4.92. The minimum atomic E-state index is -3.40. The molecular formula is C15H19NO2S2. The predicted octanol–water partition coefficient (Wildman–Crippen LogP) is 3.35. The molecule has 108 valence electrons. The Labute approximate surface area is 124 Å². The molecule has 0 aliphatic rings. The molecule has 2 aromatic rings. The molecule has 0 bridgehead atoms. The van der Waals surface area contributed by atoms with Crippen molar-refractivity contribution >= 4 is 21.2 Å². The summed E-state index contributed by atoms with van der Waals surface area (Å²) in [6.07, 6.45) is 0. The van der Waals surface area contributed by atoms with E-state index >= 15 is 0 Å². The lowest BCUT2D eigenvalue weighted by Gasteiger charge is -2.16. The zero-order valence-electron chi connectivity index (χ0n) is 11.6. The zero-order chi connectivity index (χ0) is 14.8. The molecule has 5 heteroatoms. The Morgan fingerprint density at radius 1 is 1.10 bits per heavy atom. The van der Waals surface area contributed by atoms with Crippen LogP contribution < -0.4 is 5.73 Å². The van der Waals surface area contributed by atoms with Gasteiger partial charge in [0.25, 0.3) is 0 Å². The van der Waals surface area contributed by atoms with E-state index in [1.54, 1.807) is 17.5 Å². The van der Waals surface area contributed by atoms with Crippen molar-refractivity contribution in [1.82, 2.24) is 0 Å². The van der Waals surface area contributed by atoms with Gasteiger partial charge in [0.2, 0.25) is 0 Å². The van der Waals surface area contributed by atoms with Gasteiger partial charge in [0.05, 0.1) is 0 Å². The summed E-state index contributed by atoms with van der Waals surface area (Å²) in [5, 5.41) is 1.09. The average Bonchev–Trinajstić information content (AvgIpc) is 2.94. The van der Waals surface area contributed by atoms with Crippen LogP contribution >= 0.6 is 11.3 Å². The molecule has 0 aliphatic heterocycles. The standard InChI is InChI=1S/C15H19NO2S2/c1-11(2)12-5-7-13(8-6-12)14(10-16)20(17,18)15-4-3-9-19-15/h3-9,11,14H,10,16H2,1-2H3/t14-/m0/s1. The lowest BCUT2D eigenvalue weighted by atomic mass is 10.0. The van der Waals surface area contributed by atoms with Gasteiger partial charge >= 0.3 is 0 Å². The molecule has 0 fully saturated rings. The second kappa shape index (κ2) is 6.08. The van der Waals surface area contributed by atoms with E-state index in [1.807, 2.05) is 24.3 Å². The summed E-state index contributed by atoms with van der Waals surface area (Å²) in [6, 6.07) is 11.1. The van der Waals surface area contributed by atoms with E-state index in [4.69, 9.17) is 5.73 Å². The van der Waals surface area contributed by atoms with Crippen LogP contribution in [0.25, 0.3) is 0 Å². The van der Waals surface area contributed by atoms with Gasteiger partial charge in [0, 0.05) is 6.54 Å². The van der Waals surface area contributed by atoms with Crippen LogP contribution in [0.4, 0.5) is 0 Å². The van der Waals surface area contributed by atoms with E-state index in [2.05, 4.69) is 13.8 Å². The summed E-state index contributed by atoms with van der Waals surface area (Å²) in [5.74, 6) is 0.425. The van der Waals surface area contributed by atoms with Crippen molar-refractivity contribution in [1.29, 1.82) is 0 Å². The lowest BCUT2D eigenvalue weighted by molar-refractivity contribution is 0.584. The van der Waals surface area contributed by atoms with E-state index in [9.17, 15) is 8.42 Å². The van der Waals surface area contributed by atoms with Crippen LogP contribution in [0.3, 0.4) is 0 Å².